The molecule has 3 aromatic carbocycles. The number of hydrogen-bond donors (Lipinski definition) is 2. The van der Waals surface area contributed by atoms with E-state index in [1.54, 1.807) is 0 Å². The molecular weight excluding hydrogens is 320 g/mol. The van der Waals surface area contributed by atoms with E-state index in [4.69, 9.17) is 4.98 Å². The molecule has 4 nitrogen and oxygen atoms in total. The number of imidazole rings is 1. The van der Waals surface area contributed by atoms with Gasteiger partial charge in [0.2, 0.25) is 0 Å². The number of aromatic nitrogens is 4. The molecule has 2 heterocycles. The Labute approximate surface area is 150 Å². The Bertz CT molecular complexity index is 1110. The third-order valence-electron chi connectivity index (χ3n) is 4.53. The maximum Gasteiger partial charge on any atom is 0.138 e. The summed E-state index contributed by atoms with van der Waals surface area (Å²) in [5.41, 5.74) is 6.26. The molecule has 0 saturated heterocycles. The fourth-order valence-electron chi connectivity index (χ4n) is 3.22. The van der Waals surface area contributed by atoms with Crippen LogP contribution in [0.4, 0.5) is 0 Å². The van der Waals surface area contributed by atoms with Gasteiger partial charge in [-0.2, -0.15) is 5.10 Å². The van der Waals surface area contributed by atoms with E-state index in [1.165, 1.54) is 0 Å². The minimum atomic E-state index is 0.853. The second-order valence-corrected chi connectivity index (χ2v) is 6.21. The topological polar surface area (TPSA) is 57.4 Å². The summed E-state index contributed by atoms with van der Waals surface area (Å²) in [7, 11) is 0. The second kappa shape index (κ2) is 6.01. The van der Waals surface area contributed by atoms with Gasteiger partial charge in [0.15, 0.2) is 0 Å². The summed E-state index contributed by atoms with van der Waals surface area (Å²) in [6.45, 7) is 0. The van der Waals surface area contributed by atoms with E-state index < -0.39 is 0 Å². The zero-order valence-corrected chi connectivity index (χ0v) is 14.0. The van der Waals surface area contributed by atoms with Crippen LogP contribution in [0.1, 0.15) is 0 Å². The van der Waals surface area contributed by atoms with Crippen molar-refractivity contribution in [3.63, 3.8) is 0 Å². The van der Waals surface area contributed by atoms with Crippen LogP contribution in [0.5, 0.6) is 0 Å². The molecular formula is C22H16N4. The third-order valence-corrected chi connectivity index (χ3v) is 4.53. The van der Waals surface area contributed by atoms with Crippen LogP contribution < -0.4 is 0 Å². The van der Waals surface area contributed by atoms with Crippen molar-refractivity contribution < 1.29 is 0 Å². The smallest absolute Gasteiger partial charge is 0.138 e. The summed E-state index contributed by atoms with van der Waals surface area (Å²) >= 11 is 0. The first-order valence-electron chi connectivity index (χ1n) is 8.53. The van der Waals surface area contributed by atoms with E-state index in [0.717, 1.165) is 44.8 Å². The van der Waals surface area contributed by atoms with E-state index in [2.05, 4.69) is 51.6 Å². The predicted octanol–water partition coefficient (Wildman–Crippen LogP) is 5.29. The number of hydrogen-bond acceptors (Lipinski definition) is 2. The fourth-order valence-corrected chi connectivity index (χ4v) is 3.22. The van der Waals surface area contributed by atoms with Crippen molar-refractivity contribution in [2.75, 3.05) is 0 Å². The van der Waals surface area contributed by atoms with Crippen molar-refractivity contribution in [3.8, 4) is 33.9 Å². The number of benzene rings is 3. The van der Waals surface area contributed by atoms with Gasteiger partial charge in [-0.25, -0.2) is 4.98 Å². The van der Waals surface area contributed by atoms with E-state index >= 15 is 0 Å². The minimum Gasteiger partial charge on any atom is -0.337 e. The molecule has 0 radical (unpaired) electrons. The molecule has 2 N–H and O–H groups in total. The minimum absolute atomic E-state index is 0.853. The summed E-state index contributed by atoms with van der Waals surface area (Å²) in [5.74, 6) is 0.853. The lowest BCUT2D eigenvalue weighted by Gasteiger charge is -2.02. The molecule has 0 unspecified atom stereocenters. The first kappa shape index (κ1) is 14.7. The number of fused-ring (bicyclic) bond motifs is 1. The lowest BCUT2D eigenvalue weighted by molar-refractivity contribution is 1.12. The largest absolute Gasteiger partial charge is 0.337 e. The van der Waals surface area contributed by atoms with Gasteiger partial charge < -0.3 is 4.98 Å². The van der Waals surface area contributed by atoms with Crippen molar-refractivity contribution in [1.82, 2.24) is 20.2 Å². The number of nitrogens with one attached hydrogen (secondary N) is 2. The van der Waals surface area contributed by atoms with Gasteiger partial charge in [-0.3, -0.25) is 5.10 Å². The van der Waals surface area contributed by atoms with Crippen molar-refractivity contribution in [1.29, 1.82) is 0 Å². The average Bonchev–Trinajstić information content (AvgIpc) is 3.36. The quantitative estimate of drug-likeness (QED) is 0.470. The van der Waals surface area contributed by atoms with Crippen molar-refractivity contribution in [2.24, 2.45) is 0 Å². The molecule has 0 aliphatic heterocycles. The van der Waals surface area contributed by atoms with Gasteiger partial charge in [-0.1, -0.05) is 60.7 Å². The summed E-state index contributed by atoms with van der Waals surface area (Å²) < 4.78 is 0. The van der Waals surface area contributed by atoms with Crippen LogP contribution in [-0.4, -0.2) is 20.2 Å². The van der Waals surface area contributed by atoms with Crippen LogP contribution in [0.3, 0.4) is 0 Å². The molecule has 0 bridgehead atoms. The number of aromatic amines is 2. The predicted molar refractivity (Wildman–Crippen MR) is 105 cm³/mol. The molecule has 0 aliphatic rings. The molecule has 2 aromatic heterocycles. The highest BCUT2D eigenvalue weighted by Gasteiger charge is 2.15. The van der Waals surface area contributed by atoms with Crippen LogP contribution in [-0.2, 0) is 0 Å². The highest BCUT2D eigenvalue weighted by atomic mass is 15.1. The Morgan fingerprint density at radius 1 is 0.692 bits per heavy atom. The van der Waals surface area contributed by atoms with Crippen LogP contribution in [0.25, 0.3) is 44.8 Å². The monoisotopic (exact) mass is 336 g/mol. The Kier molecular flexibility index (Phi) is 3.39. The van der Waals surface area contributed by atoms with Gasteiger partial charge in [0.25, 0.3) is 0 Å². The summed E-state index contributed by atoms with van der Waals surface area (Å²) in [6.07, 6.45) is 1.83. The zero-order chi connectivity index (χ0) is 17.3. The zero-order valence-electron chi connectivity index (χ0n) is 14.0. The highest BCUT2D eigenvalue weighted by molar-refractivity contribution is 5.85. The van der Waals surface area contributed by atoms with Gasteiger partial charge in [0, 0.05) is 22.1 Å². The van der Waals surface area contributed by atoms with Gasteiger partial charge in [-0.15, -0.1) is 0 Å². The first-order valence-corrected chi connectivity index (χ1v) is 8.53. The summed E-state index contributed by atoms with van der Waals surface area (Å²) in [6, 6.07) is 26.8. The molecule has 0 amide bonds. The standard InChI is InChI=1S/C22H16N4/c1-3-7-15(8-4-1)20-21(16-9-5-2-6-10-16)25-22(24-20)17-11-12-19-18(13-17)14-23-26-19/h1-14H,(H,23,26)(H,24,25). The Morgan fingerprint density at radius 3 is 2.19 bits per heavy atom. The van der Waals surface area contributed by atoms with E-state index in [9.17, 15) is 0 Å². The molecule has 0 atom stereocenters. The Morgan fingerprint density at radius 2 is 1.42 bits per heavy atom. The van der Waals surface area contributed by atoms with E-state index in [-0.39, 0.29) is 0 Å². The van der Waals surface area contributed by atoms with Crippen molar-refractivity contribution >= 4 is 10.9 Å². The summed E-state index contributed by atoms with van der Waals surface area (Å²) in [5, 5.41) is 8.16. The second-order valence-electron chi connectivity index (χ2n) is 6.21. The molecule has 124 valence electrons. The number of rotatable bonds is 3. The summed E-state index contributed by atoms with van der Waals surface area (Å²) in [4.78, 5) is 8.46. The fraction of sp³-hybridized carbons (Fsp3) is 0. The first-order chi connectivity index (χ1) is 12.9. The highest BCUT2D eigenvalue weighted by Crippen LogP contribution is 2.33. The van der Waals surface area contributed by atoms with E-state index in [0.29, 0.717) is 0 Å². The molecule has 0 aliphatic carbocycles. The number of nitrogens with zero attached hydrogens (tertiary/aromatic N) is 2. The molecule has 5 rings (SSSR count). The average molecular weight is 336 g/mol. The van der Waals surface area contributed by atoms with Gasteiger partial charge in [0.1, 0.15) is 5.82 Å². The van der Waals surface area contributed by atoms with Crippen molar-refractivity contribution in [2.45, 2.75) is 0 Å². The van der Waals surface area contributed by atoms with Crippen LogP contribution in [0, 0.1) is 0 Å². The lowest BCUT2D eigenvalue weighted by atomic mass is 10.1. The molecule has 5 aromatic rings. The van der Waals surface area contributed by atoms with Crippen molar-refractivity contribution in [3.05, 3.63) is 85.1 Å². The Balaban J connectivity index is 1.71. The van der Waals surface area contributed by atoms with Crippen LogP contribution >= 0.6 is 0 Å². The molecule has 26 heavy (non-hydrogen) atoms. The SMILES string of the molecule is c1ccc(-c2nc(-c3ccc4[nH]ncc4c3)[nH]c2-c2ccccc2)cc1. The molecule has 4 heteroatoms. The Hall–Kier alpha value is -3.66. The normalized spacial score (nSPS) is 11.1. The number of H-pyrrole nitrogens is 2. The van der Waals surface area contributed by atoms with Crippen LogP contribution in [0.2, 0.25) is 0 Å². The van der Waals surface area contributed by atoms with E-state index in [1.807, 2.05) is 48.7 Å². The molecule has 0 fully saturated rings. The molecule has 0 spiro atoms. The maximum absolute atomic E-state index is 4.93. The lowest BCUT2D eigenvalue weighted by Crippen LogP contribution is -1.82. The van der Waals surface area contributed by atoms with Gasteiger partial charge >= 0.3 is 0 Å². The van der Waals surface area contributed by atoms with Gasteiger partial charge in [-0.05, 0) is 18.2 Å². The van der Waals surface area contributed by atoms with Gasteiger partial charge in [0.05, 0.1) is 23.1 Å². The third kappa shape index (κ3) is 2.48. The molecule has 0 saturated carbocycles. The maximum atomic E-state index is 4.93. The van der Waals surface area contributed by atoms with Crippen LogP contribution in [0.15, 0.2) is 85.1 Å².